The van der Waals surface area contributed by atoms with Crippen molar-refractivity contribution < 1.29 is 19.2 Å². The lowest BCUT2D eigenvalue weighted by molar-refractivity contribution is -0.133. The number of aryl methyl sites for hydroxylation is 2. The number of aromatic nitrogens is 4. The topological polar surface area (TPSA) is 142 Å². The molecule has 238 valence electrons. The van der Waals surface area contributed by atoms with E-state index in [0.29, 0.717) is 55.2 Å². The van der Waals surface area contributed by atoms with Crippen molar-refractivity contribution >= 4 is 35.0 Å². The average Bonchev–Trinajstić information content (AvgIpc) is 3.79. The lowest BCUT2D eigenvalue weighted by atomic mass is 9.80. The van der Waals surface area contributed by atoms with E-state index >= 15 is 0 Å². The Balaban J connectivity index is 1.23. The Bertz CT molecular complexity index is 1560. The molecule has 13 heteroatoms. The zero-order valence-electron chi connectivity index (χ0n) is 25.8. The molecule has 0 unspecified atom stereocenters. The number of amides is 4. The molecular formula is C32H40N8O4S. The first-order valence-corrected chi connectivity index (χ1v) is 16.6. The van der Waals surface area contributed by atoms with E-state index in [1.807, 2.05) is 47.9 Å². The van der Waals surface area contributed by atoms with Crippen LogP contribution in [-0.2, 0) is 27.2 Å². The molecule has 0 radical (unpaired) electrons. The number of hydrogen-bond donors (Lipinski definition) is 2. The van der Waals surface area contributed by atoms with Crippen LogP contribution in [0.4, 0.5) is 0 Å². The van der Waals surface area contributed by atoms with Crippen LogP contribution >= 0.6 is 11.3 Å². The van der Waals surface area contributed by atoms with Crippen molar-refractivity contribution in [2.75, 3.05) is 32.7 Å². The van der Waals surface area contributed by atoms with Crippen molar-refractivity contribution in [3.05, 3.63) is 57.3 Å². The molecule has 2 fully saturated rings. The van der Waals surface area contributed by atoms with E-state index in [2.05, 4.69) is 25.9 Å². The number of carbonyl (C=O) groups excluding carboxylic acids is 4. The molecule has 2 N–H and O–H groups in total. The molecule has 4 bridgehead atoms. The minimum atomic E-state index is -0.870. The van der Waals surface area contributed by atoms with Crippen LogP contribution < -0.4 is 10.6 Å². The number of nitrogens with zero attached hydrogens (tertiary/aromatic N) is 6. The average molecular weight is 633 g/mol. The molecule has 0 aliphatic carbocycles. The summed E-state index contributed by atoms with van der Waals surface area (Å²) in [5.74, 6) is -0.838. The number of hydrogen-bond acceptors (Lipinski definition) is 8. The number of likely N-dealkylation sites (tertiary alicyclic amines) is 1. The highest BCUT2D eigenvalue weighted by Gasteiger charge is 2.37. The Hall–Kier alpha value is -4.13. The molecule has 6 rings (SSSR count). The molecule has 3 aromatic rings. The Morgan fingerprint density at radius 3 is 2.62 bits per heavy atom. The second-order valence-electron chi connectivity index (χ2n) is 12.4. The van der Waals surface area contributed by atoms with E-state index in [4.69, 9.17) is 0 Å². The van der Waals surface area contributed by atoms with Gasteiger partial charge < -0.3 is 20.4 Å². The largest absolute Gasteiger partial charge is 0.354 e. The van der Waals surface area contributed by atoms with Crippen LogP contribution in [0.5, 0.6) is 0 Å². The van der Waals surface area contributed by atoms with Crippen LogP contribution in [0, 0.1) is 25.7 Å². The Morgan fingerprint density at radius 2 is 1.84 bits per heavy atom. The van der Waals surface area contributed by atoms with Gasteiger partial charge in [0.2, 0.25) is 17.7 Å². The highest BCUT2D eigenvalue weighted by atomic mass is 32.1. The van der Waals surface area contributed by atoms with Crippen LogP contribution in [0.1, 0.15) is 63.7 Å². The Labute approximate surface area is 266 Å². The summed E-state index contributed by atoms with van der Waals surface area (Å²) in [4.78, 5) is 62.8. The number of carbonyl (C=O) groups is 4. The SMILES string of the molecule is Cc1ccc(-n2cc(C[C@H]3NC(=O)C[C@H]4CN(CC[C@H]4CC(=O)N4CCCC4)C(=O)c4sc(nc4C)CCNC3=O)nn2)cc1. The summed E-state index contributed by atoms with van der Waals surface area (Å²) in [6.07, 6.45) is 5.54. The second-order valence-corrected chi connectivity index (χ2v) is 13.5. The number of benzene rings is 1. The second kappa shape index (κ2) is 13.5. The van der Waals surface area contributed by atoms with Crippen molar-refractivity contribution in [1.29, 1.82) is 0 Å². The highest BCUT2D eigenvalue weighted by molar-refractivity contribution is 7.13. The maximum Gasteiger partial charge on any atom is 0.265 e. The van der Waals surface area contributed by atoms with Crippen molar-refractivity contribution in [2.45, 2.75) is 64.8 Å². The maximum absolute atomic E-state index is 13.6. The van der Waals surface area contributed by atoms with Crippen LogP contribution in [0.25, 0.3) is 5.69 Å². The quantitative estimate of drug-likeness (QED) is 0.439. The third-order valence-electron chi connectivity index (χ3n) is 9.10. The van der Waals surface area contributed by atoms with Gasteiger partial charge in [-0.2, -0.15) is 0 Å². The molecule has 3 atom stereocenters. The maximum atomic E-state index is 13.6. The summed E-state index contributed by atoms with van der Waals surface area (Å²) in [5, 5.41) is 15.2. The summed E-state index contributed by atoms with van der Waals surface area (Å²) in [5.41, 5.74) is 3.22. The predicted molar refractivity (Wildman–Crippen MR) is 168 cm³/mol. The fourth-order valence-corrected chi connectivity index (χ4v) is 7.56. The molecule has 5 heterocycles. The summed E-state index contributed by atoms with van der Waals surface area (Å²) >= 11 is 1.36. The van der Waals surface area contributed by atoms with E-state index < -0.39 is 6.04 Å². The summed E-state index contributed by atoms with van der Waals surface area (Å²) < 4.78 is 1.65. The van der Waals surface area contributed by atoms with E-state index in [1.165, 1.54) is 11.3 Å². The van der Waals surface area contributed by atoms with Crippen LogP contribution in [-0.4, -0.2) is 92.2 Å². The van der Waals surface area contributed by atoms with Crippen molar-refractivity contribution in [3.63, 3.8) is 0 Å². The molecule has 0 spiro atoms. The first-order chi connectivity index (χ1) is 21.7. The molecule has 3 aliphatic rings. The minimum absolute atomic E-state index is 0.0385. The number of nitrogens with one attached hydrogen (secondary N) is 2. The minimum Gasteiger partial charge on any atom is -0.354 e. The van der Waals surface area contributed by atoms with Gasteiger partial charge in [-0.25, -0.2) is 9.67 Å². The van der Waals surface area contributed by atoms with Gasteiger partial charge in [0.1, 0.15) is 10.9 Å². The molecular weight excluding hydrogens is 592 g/mol. The van der Waals surface area contributed by atoms with Crippen molar-refractivity contribution in [3.8, 4) is 5.69 Å². The molecule has 12 nitrogen and oxygen atoms in total. The monoisotopic (exact) mass is 632 g/mol. The van der Waals surface area contributed by atoms with Gasteiger partial charge in [-0.3, -0.25) is 19.2 Å². The number of thiazole rings is 1. The fraction of sp³-hybridized carbons (Fsp3) is 0.531. The zero-order valence-corrected chi connectivity index (χ0v) is 26.6. The molecule has 2 aromatic heterocycles. The standard InChI is InChI=1S/C32H40N8O4S/c1-20-5-7-25(8-6-20)40-19-24(36-37-40)17-26-31(43)33-11-9-28-34-21(2)30(45-28)32(44)39-14-10-22(23(18-39)15-27(41)35-26)16-29(42)38-12-3-4-13-38/h5-8,19,22-23,26H,3-4,9-18H2,1-2H3,(H,33,43)(H,35,41)/t22-,23-,26+/m0/s1. The number of rotatable bonds is 5. The van der Waals surface area contributed by atoms with Crippen molar-refractivity contribution in [1.82, 2.24) is 40.4 Å². The third kappa shape index (κ3) is 7.24. The van der Waals surface area contributed by atoms with Gasteiger partial charge in [0.25, 0.3) is 5.91 Å². The van der Waals surface area contributed by atoms with Crippen molar-refractivity contribution in [2.24, 2.45) is 11.8 Å². The van der Waals surface area contributed by atoms with Gasteiger partial charge in [-0.1, -0.05) is 22.9 Å². The summed E-state index contributed by atoms with van der Waals surface area (Å²) in [6.45, 7) is 6.62. The van der Waals surface area contributed by atoms with Gasteiger partial charge in [0.15, 0.2) is 0 Å². The van der Waals surface area contributed by atoms with Crippen LogP contribution in [0.2, 0.25) is 0 Å². The molecule has 0 saturated carbocycles. The molecule has 1 aromatic carbocycles. The first-order valence-electron chi connectivity index (χ1n) is 15.8. The van der Waals surface area contributed by atoms with Gasteiger partial charge >= 0.3 is 0 Å². The molecule has 3 aliphatic heterocycles. The normalized spacial score (nSPS) is 22.9. The van der Waals surface area contributed by atoms with Crippen LogP contribution in [0.3, 0.4) is 0 Å². The molecule has 4 amide bonds. The van der Waals surface area contributed by atoms with E-state index in [9.17, 15) is 19.2 Å². The first kappa shape index (κ1) is 30.9. The molecule has 2 saturated heterocycles. The summed E-state index contributed by atoms with van der Waals surface area (Å²) in [7, 11) is 0. The van der Waals surface area contributed by atoms with E-state index in [-0.39, 0.29) is 48.3 Å². The lowest BCUT2D eigenvalue weighted by Gasteiger charge is -2.38. The zero-order chi connectivity index (χ0) is 31.5. The van der Waals surface area contributed by atoms with Gasteiger partial charge in [-0.15, -0.1) is 16.4 Å². The van der Waals surface area contributed by atoms with Gasteiger partial charge in [0, 0.05) is 58.4 Å². The molecule has 45 heavy (non-hydrogen) atoms. The Morgan fingerprint density at radius 1 is 1.07 bits per heavy atom. The lowest BCUT2D eigenvalue weighted by Crippen LogP contribution is -2.50. The number of fused-ring (bicyclic) bond motifs is 4. The third-order valence-corrected chi connectivity index (χ3v) is 10.3. The summed E-state index contributed by atoms with van der Waals surface area (Å²) in [6, 6.07) is 7.00. The Kier molecular flexibility index (Phi) is 9.24. The van der Waals surface area contributed by atoms with E-state index in [0.717, 1.165) is 42.2 Å². The van der Waals surface area contributed by atoms with Gasteiger partial charge in [0.05, 0.1) is 28.3 Å². The van der Waals surface area contributed by atoms with Crippen LogP contribution in [0.15, 0.2) is 30.5 Å². The van der Waals surface area contributed by atoms with E-state index in [1.54, 1.807) is 10.9 Å². The van der Waals surface area contributed by atoms with Gasteiger partial charge in [-0.05, 0) is 57.1 Å². The fourth-order valence-electron chi connectivity index (χ4n) is 6.53. The highest BCUT2D eigenvalue weighted by Crippen LogP contribution is 2.32. The number of piperidine rings is 1. The smallest absolute Gasteiger partial charge is 0.265 e. The predicted octanol–water partition coefficient (Wildman–Crippen LogP) is 2.22.